The minimum atomic E-state index is -1.08. The van der Waals surface area contributed by atoms with Crippen LogP contribution in [0.25, 0.3) is 0 Å². The van der Waals surface area contributed by atoms with E-state index >= 15 is 0 Å². The highest BCUT2D eigenvalue weighted by Gasteiger charge is 2.27. The summed E-state index contributed by atoms with van der Waals surface area (Å²) in [4.78, 5) is 40.4. The minimum Gasteiger partial charge on any atom is -0.481 e. The summed E-state index contributed by atoms with van der Waals surface area (Å²) in [6.07, 6.45) is 1.51. The lowest BCUT2D eigenvalue weighted by atomic mass is 9.96. The summed E-state index contributed by atoms with van der Waals surface area (Å²) < 4.78 is 0. The zero-order chi connectivity index (χ0) is 23.9. The van der Waals surface area contributed by atoms with Gasteiger partial charge in [-0.25, -0.2) is 0 Å². The van der Waals surface area contributed by atoms with Crippen LogP contribution in [0.3, 0.4) is 0 Å². The lowest BCUT2D eigenvalue weighted by Gasteiger charge is -2.22. The Morgan fingerprint density at radius 3 is 2.34 bits per heavy atom. The Labute approximate surface area is 188 Å². The quantitative estimate of drug-likeness (QED) is 0.0963. The molecule has 178 valence electrons. The number of hydrogen-bond acceptors (Lipinski definition) is 6. The van der Waals surface area contributed by atoms with Crippen LogP contribution in [0.4, 0.5) is 0 Å². The van der Waals surface area contributed by atoms with Crippen molar-refractivity contribution in [2.45, 2.75) is 44.2 Å². The van der Waals surface area contributed by atoms with Crippen LogP contribution < -0.4 is 33.6 Å². The predicted octanol–water partition coefficient (Wildman–Crippen LogP) is -1.35. The normalized spacial score (nSPS) is 13.4. The lowest BCUT2D eigenvalue weighted by molar-refractivity contribution is -0.142. The fraction of sp³-hybridized carbons (Fsp3) is 0.524. The molecule has 1 unspecified atom stereocenters. The summed E-state index contributed by atoms with van der Waals surface area (Å²) in [5.74, 6) is -2.91. The number of nitrogens with one attached hydrogen (secondary N) is 2. The van der Waals surface area contributed by atoms with Gasteiger partial charge in [0, 0.05) is 13.1 Å². The third-order valence-electron chi connectivity index (χ3n) is 4.87. The third-order valence-corrected chi connectivity index (χ3v) is 4.87. The molecule has 0 heterocycles. The van der Waals surface area contributed by atoms with Crippen molar-refractivity contribution < 1.29 is 19.5 Å². The van der Waals surface area contributed by atoms with Gasteiger partial charge in [-0.05, 0) is 44.2 Å². The van der Waals surface area contributed by atoms with Gasteiger partial charge in [-0.1, -0.05) is 30.3 Å². The Hall–Kier alpha value is -3.18. The lowest BCUT2D eigenvalue weighted by Crippen LogP contribution is -2.52. The highest BCUT2D eigenvalue weighted by Crippen LogP contribution is 2.11. The van der Waals surface area contributed by atoms with E-state index in [-0.39, 0.29) is 37.7 Å². The molecule has 32 heavy (non-hydrogen) atoms. The molecule has 1 aromatic carbocycles. The molecular weight excluding hydrogens is 414 g/mol. The highest BCUT2D eigenvalue weighted by molar-refractivity contribution is 5.90. The summed E-state index contributed by atoms with van der Waals surface area (Å²) in [5, 5.41) is 14.7. The van der Waals surface area contributed by atoms with Crippen LogP contribution in [-0.4, -0.2) is 60.6 Å². The van der Waals surface area contributed by atoms with Crippen molar-refractivity contribution in [2.24, 2.45) is 33.8 Å². The van der Waals surface area contributed by atoms with Gasteiger partial charge in [-0.2, -0.15) is 0 Å². The molecule has 1 aromatic rings. The van der Waals surface area contributed by atoms with Crippen LogP contribution in [0, 0.1) is 5.92 Å². The molecule has 0 aromatic heterocycles. The number of nitrogens with two attached hydrogens (primary N) is 4. The summed E-state index contributed by atoms with van der Waals surface area (Å²) in [6, 6.07) is 7.73. The number of nitrogens with zero attached hydrogens (tertiary/aromatic N) is 1. The van der Waals surface area contributed by atoms with E-state index in [1.54, 1.807) is 0 Å². The minimum absolute atomic E-state index is 0.0560. The number of guanidine groups is 1. The Bertz CT molecular complexity index is 754. The van der Waals surface area contributed by atoms with Crippen molar-refractivity contribution >= 4 is 23.7 Å². The summed E-state index contributed by atoms with van der Waals surface area (Å²) in [5.41, 5.74) is 23.0. The Morgan fingerprint density at radius 1 is 1.06 bits per heavy atom. The van der Waals surface area contributed by atoms with Gasteiger partial charge in [0.2, 0.25) is 11.8 Å². The second-order valence-electron chi connectivity index (χ2n) is 7.49. The molecular formula is C21H35N7O4. The van der Waals surface area contributed by atoms with E-state index in [1.165, 1.54) is 0 Å². The van der Waals surface area contributed by atoms with Gasteiger partial charge in [0.25, 0.3) is 0 Å². The SMILES string of the molecule is NCCC(C[C@H](N)C(=O)N[C@@H](CCCN=C(N)N)C(=O)NCCc1ccccc1)C(=O)O. The number of carbonyl (C=O) groups is 3. The molecule has 0 aliphatic heterocycles. The molecule has 11 heteroatoms. The number of carboxylic acids is 1. The van der Waals surface area contributed by atoms with Gasteiger partial charge in [-0.3, -0.25) is 19.4 Å². The fourth-order valence-electron chi connectivity index (χ4n) is 3.11. The zero-order valence-corrected chi connectivity index (χ0v) is 18.2. The summed E-state index contributed by atoms with van der Waals surface area (Å²) in [6.45, 7) is 0.866. The first kappa shape index (κ1) is 26.9. The van der Waals surface area contributed by atoms with Crippen molar-refractivity contribution in [1.82, 2.24) is 10.6 Å². The van der Waals surface area contributed by atoms with Gasteiger partial charge >= 0.3 is 5.97 Å². The molecule has 0 radical (unpaired) electrons. The first-order chi connectivity index (χ1) is 15.2. The van der Waals surface area contributed by atoms with Crippen LogP contribution >= 0.6 is 0 Å². The van der Waals surface area contributed by atoms with E-state index < -0.39 is 29.9 Å². The largest absolute Gasteiger partial charge is 0.481 e. The summed E-state index contributed by atoms with van der Waals surface area (Å²) >= 11 is 0. The van der Waals surface area contributed by atoms with E-state index in [4.69, 9.17) is 22.9 Å². The molecule has 2 amide bonds. The number of carboxylic acid groups (broad SMARTS) is 1. The number of amides is 2. The first-order valence-corrected chi connectivity index (χ1v) is 10.6. The fourth-order valence-corrected chi connectivity index (χ4v) is 3.11. The molecule has 0 saturated heterocycles. The molecule has 0 bridgehead atoms. The van der Waals surface area contributed by atoms with E-state index in [9.17, 15) is 19.5 Å². The molecule has 0 fully saturated rings. The van der Waals surface area contributed by atoms with Gasteiger partial charge in [-0.15, -0.1) is 0 Å². The molecule has 11 N–H and O–H groups in total. The number of aliphatic carboxylic acids is 1. The van der Waals surface area contributed by atoms with E-state index in [2.05, 4.69) is 15.6 Å². The Kier molecular flexibility index (Phi) is 12.4. The zero-order valence-electron chi connectivity index (χ0n) is 18.2. The van der Waals surface area contributed by atoms with E-state index in [0.29, 0.717) is 25.9 Å². The number of benzene rings is 1. The number of rotatable bonds is 15. The van der Waals surface area contributed by atoms with Gasteiger partial charge in [0.15, 0.2) is 5.96 Å². The third kappa shape index (κ3) is 10.7. The number of aliphatic imine (C=N–C) groups is 1. The maximum atomic E-state index is 12.7. The molecule has 0 saturated carbocycles. The predicted molar refractivity (Wildman–Crippen MR) is 122 cm³/mol. The monoisotopic (exact) mass is 449 g/mol. The van der Waals surface area contributed by atoms with Crippen molar-refractivity contribution in [3.8, 4) is 0 Å². The van der Waals surface area contributed by atoms with Crippen LogP contribution in [0.2, 0.25) is 0 Å². The standard InChI is InChI=1S/C21H35N7O4/c22-10-8-15(20(31)32)13-16(23)18(29)28-17(7-4-11-27-21(24)25)19(30)26-12-9-14-5-2-1-3-6-14/h1-3,5-6,15-17H,4,7-13,22-23H2,(H,26,30)(H,28,29)(H,31,32)(H4,24,25,27)/t15?,16-,17-/m0/s1. The molecule has 0 spiro atoms. The molecule has 11 nitrogen and oxygen atoms in total. The summed E-state index contributed by atoms with van der Waals surface area (Å²) in [7, 11) is 0. The van der Waals surface area contributed by atoms with E-state index in [1.807, 2.05) is 30.3 Å². The Morgan fingerprint density at radius 2 is 1.75 bits per heavy atom. The van der Waals surface area contributed by atoms with Crippen LogP contribution in [0.15, 0.2) is 35.3 Å². The average Bonchev–Trinajstić information content (AvgIpc) is 2.75. The second kappa shape index (κ2) is 14.8. The highest BCUT2D eigenvalue weighted by atomic mass is 16.4. The Balaban J connectivity index is 2.69. The van der Waals surface area contributed by atoms with Crippen molar-refractivity contribution in [3.05, 3.63) is 35.9 Å². The smallest absolute Gasteiger partial charge is 0.306 e. The maximum absolute atomic E-state index is 12.7. The molecule has 0 aliphatic rings. The van der Waals surface area contributed by atoms with Crippen molar-refractivity contribution in [1.29, 1.82) is 0 Å². The van der Waals surface area contributed by atoms with Crippen LogP contribution in [0.1, 0.15) is 31.2 Å². The van der Waals surface area contributed by atoms with Crippen LogP contribution in [0.5, 0.6) is 0 Å². The van der Waals surface area contributed by atoms with Crippen LogP contribution in [-0.2, 0) is 20.8 Å². The average molecular weight is 450 g/mol. The van der Waals surface area contributed by atoms with Gasteiger partial charge in [0.1, 0.15) is 6.04 Å². The van der Waals surface area contributed by atoms with Gasteiger partial charge < -0.3 is 38.7 Å². The molecule has 3 atom stereocenters. The van der Waals surface area contributed by atoms with Crippen molar-refractivity contribution in [2.75, 3.05) is 19.6 Å². The second-order valence-corrected chi connectivity index (χ2v) is 7.49. The molecule has 0 aliphatic carbocycles. The maximum Gasteiger partial charge on any atom is 0.306 e. The van der Waals surface area contributed by atoms with Gasteiger partial charge in [0.05, 0.1) is 12.0 Å². The van der Waals surface area contributed by atoms with Crippen molar-refractivity contribution in [3.63, 3.8) is 0 Å². The topological polar surface area (TPSA) is 212 Å². The molecule has 1 rings (SSSR count). The first-order valence-electron chi connectivity index (χ1n) is 10.6. The number of hydrogen-bond donors (Lipinski definition) is 7. The number of carbonyl (C=O) groups excluding carboxylic acids is 2. The van der Waals surface area contributed by atoms with E-state index in [0.717, 1.165) is 5.56 Å².